The number of halogens is 2. The molecule has 2 heterocycles. The van der Waals surface area contributed by atoms with E-state index in [-0.39, 0.29) is 5.82 Å². The molecular formula is C17H19BrFN3O. The summed E-state index contributed by atoms with van der Waals surface area (Å²) in [6, 6.07) is 4.82. The van der Waals surface area contributed by atoms with Crippen LogP contribution in [0.15, 0.2) is 35.1 Å². The molecule has 0 N–H and O–H groups in total. The second-order valence-corrected chi connectivity index (χ2v) is 6.65. The normalized spacial score (nSPS) is 14.7. The Balaban J connectivity index is 1.46. The van der Waals surface area contributed by atoms with Crippen molar-refractivity contribution in [1.82, 2.24) is 9.97 Å². The molecule has 6 heteroatoms. The number of hydrogen-bond acceptors (Lipinski definition) is 4. The lowest BCUT2D eigenvalue weighted by Gasteiger charge is -2.38. The minimum atomic E-state index is -0.307. The van der Waals surface area contributed by atoms with Crippen LogP contribution in [0.2, 0.25) is 0 Å². The summed E-state index contributed by atoms with van der Waals surface area (Å²) in [6.07, 6.45) is 5.92. The average Bonchev–Trinajstić information content (AvgIpc) is 2.51. The number of nitrogens with zero attached hydrogens (tertiary/aromatic N) is 3. The highest BCUT2D eigenvalue weighted by Crippen LogP contribution is 2.24. The van der Waals surface area contributed by atoms with E-state index in [2.05, 4.69) is 37.7 Å². The van der Waals surface area contributed by atoms with Gasteiger partial charge in [0.1, 0.15) is 11.6 Å². The fourth-order valence-corrected chi connectivity index (χ4v) is 2.79. The van der Waals surface area contributed by atoms with Crippen molar-refractivity contribution in [2.75, 3.05) is 24.6 Å². The van der Waals surface area contributed by atoms with Crippen LogP contribution in [0.4, 0.5) is 10.3 Å². The van der Waals surface area contributed by atoms with Crippen LogP contribution in [0.5, 0.6) is 5.75 Å². The van der Waals surface area contributed by atoms with E-state index in [1.165, 1.54) is 11.6 Å². The number of ether oxygens (including phenoxy) is 1. The maximum atomic E-state index is 13.4. The van der Waals surface area contributed by atoms with Gasteiger partial charge in [-0.1, -0.05) is 13.3 Å². The van der Waals surface area contributed by atoms with Crippen molar-refractivity contribution in [1.29, 1.82) is 0 Å². The highest BCUT2D eigenvalue weighted by molar-refractivity contribution is 9.10. The third-order valence-corrected chi connectivity index (χ3v) is 4.49. The molecule has 1 fully saturated rings. The van der Waals surface area contributed by atoms with Crippen molar-refractivity contribution in [2.24, 2.45) is 5.92 Å². The molecule has 2 aromatic rings. The van der Waals surface area contributed by atoms with Crippen LogP contribution in [0.3, 0.4) is 0 Å². The molecule has 122 valence electrons. The van der Waals surface area contributed by atoms with Gasteiger partial charge in [0, 0.05) is 37.5 Å². The number of anilines is 1. The first-order valence-electron chi connectivity index (χ1n) is 7.79. The van der Waals surface area contributed by atoms with Gasteiger partial charge in [0.05, 0.1) is 11.1 Å². The van der Waals surface area contributed by atoms with Crippen LogP contribution in [0, 0.1) is 11.7 Å². The lowest BCUT2D eigenvalue weighted by atomic mass is 10.0. The zero-order valence-electron chi connectivity index (χ0n) is 13.0. The molecule has 0 unspecified atom stereocenters. The average molecular weight is 380 g/mol. The maximum absolute atomic E-state index is 13.4. The van der Waals surface area contributed by atoms with E-state index in [1.54, 1.807) is 12.1 Å². The Kier molecular flexibility index (Phi) is 5.10. The molecule has 1 aliphatic rings. The SMILES string of the molecule is CCCc1cnc(N2CC(COc3ccc(Br)c(F)c3)C2)nc1. The summed E-state index contributed by atoms with van der Waals surface area (Å²) in [4.78, 5) is 11.0. The Morgan fingerprint density at radius 1 is 1.30 bits per heavy atom. The van der Waals surface area contributed by atoms with Gasteiger partial charge >= 0.3 is 0 Å². The molecule has 0 bridgehead atoms. The number of hydrogen-bond donors (Lipinski definition) is 0. The predicted molar refractivity (Wildman–Crippen MR) is 91.3 cm³/mol. The quantitative estimate of drug-likeness (QED) is 0.763. The van der Waals surface area contributed by atoms with Crippen LogP contribution in [0.25, 0.3) is 0 Å². The van der Waals surface area contributed by atoms with Crippen LogP contribution in [-0.4, -0.2) is 29.7 Å². The topological polar surface area (TPSA) is 38.2 Å². The van der Waals surface area contributed by atoms with Crippen molar-refractivity contribution >= 4 is 21.9 Å². The fraction of sp³-hybridized carbons (Fsp3) is 0.412. The molecule has 1 aromatic heterocycles. The summed E-state index contributed by atoms with van der Waals surface area (Å²) in [6.45, 7) is 4.45. The summed E-state index contributed by atoms with van der Waals surface area (Å²) in [7, 11) is 0. The molecule has 0 atom stereocenters. The molecule has 23 heavy (non-hydrogen) atoms. The first kappa shape index (κ1) is 16.2. The molecule has 0 amide bonds. The van der Waals surface area contributed by atoms with Crippen LogP contribution in [-0.2, 0) is 6.42 Å². The van der Waals surface area contributed by atoms with Gasteiger partial charge in [-0.25, -0.2) is 14.4 Å². The van der Waals surface area contributed by atoms with Crippen LogP contribution < -0.4 is 9.64 Å². The first-order chi connectivity index (χ1) is 11.2. The molecule has 0 spiro atoms. The van der Waals surface area contributed by atoms with Crippen molar-refractivity contribution in [2.45, 2.75) is 19.8 Å². The lowest BCUT2D eigenvalue weighted by Crippen LogP contribution is -2.50. The third-order valence-electron chi connectivity index (χ3n) is 3.85. The smallest absolute Gasteiger partial charge is 0.225 e. The summed E-state index contributed by atoms with van der Waals surface area (Å²) < 4.78 is 19.5. The fourth-order valence-electron chi connectivity index (χ4n) is 2.55. The summed E-state index contributed by atoms with van der Waals surface area (Å²) in [5.41, 5.74) is 1.17. The van der Waals surface area contributed by atoms with Gasteiger partial charge in [0.25, 0.3) is 0 Å². The van der Waals surface area contributed by atoms with Crippen molar-refractivity contribution < 1.29 is 9.13 Å². The maximum Gasteiger partial charge on any atom is 0.225 e. The number of rotatable bonds is 6. The minimum absolute atomic E-state index is 0.307. The molecule has 0 radical (unpaired) electrons. The highest BCUT2D eigenvalue weighted by Gasteiger charge is 2.29. The second kappa shape index (κ2) is 7.25. The Bertz CT molecular complexity index is 659. The van der Waals surface area contributed by atoms with Gasteiger partial charge in [-0.3, -0.25) is 0 Å². The summed E-state index contributed by atoms with van der Waals surface area (Å²) in [5, 5.41) is 0. The van der Waals surface area contributed by atoms with E-state index in [1.807, 2.05) is 12.4 Å². The Labute approximate surface area is 143 Å². The summed E-state index contributed by atoms with van der Waals surface area (Å²) in [5.74, 6) is 1.44. The van der Waals surface area contributed by atoms with E-state index in [9.17, 15) is 4.39 Å². The van der Waals surface area contributed by atoms with Gasteiger partial charge in [-0.05, 0) is 40.0 Å². The Hall–Kier alpha value is -1.69. The lowest BCUT2D eigenvalue weighted by molar-refractivity contribution is 0.218. The minimum Gasteiger partial charge on any atom is -0.493 e. The molecular weight excluding hydrogens is 361 g/mol. The van der Waals surface area contributed by atoms with E-state index in [0.29, 0.717) is 22.7 Å². The molecule has 0 aliphatic carbocycles. The van der Waals surface area contributed by atoms with E-state index in [0.717, 1.165) is 31.9 Å². The van der Waals surface area contributed by atoms with Crippen LogP contribution in [0.1, 0.15) is 18.9 Å². The Morgan fingerprint density at radius 3 is 2.70 bits per heavy atom. The molecule has 1 aromatic carbocycles. The molecule has 0 saturated carbocycles. The van der Waals surface area contributed by atoms with Crippen LogP contribution >= 0.6 is 15.9 Å². The number of aryl methyl sites for hydroxylation is 1. The Morgan fingerprint density at radius 2 is 2.04 bits per heavy atom. The molecule has 4 nitrogen and oxygen atoms in total. The predicted octanol–water partition coefficient (Wildman–Crippen LogP) is 3.85. The molecule has 1 aliphatic heterocycles. The first-order valence-corrected chi connectivity index (χ1v) is 8.58. The largest absolute Gasteiger partial charge is 0.493 e. The van der Waals surface area contributed by atoms with Gasteiger partial charge in [-0.2, -0.15) is 0 Å². The van der Waals surface area contributed by atoms with Gasteiger partial charge < -0.3 is 9.64 Å². The molecule has 3 rings (SSSR count). The van der Waals surface area contributed by atoms with Crippen molar-refractivity contribution in [3.05, 3.63) is 46.4 Å². The zero-order chi connectivity index (χ0) is 16.2. The van der Waals surface area contributed by atoms with E-state index < -0.39 is 0 Å². The standard InChI is InChI=1S/C17H19BrFN3O/c1-2-3-12-7-20-17(21-8-12)22-9-13(10-22)11-23-14-4-5-15(18)16(19)6-14/h4-8,13H,2-3,9-11H2,1H3. The van der Waals surface area contributed by atoms with Gasteiger partial charge in [0.15, 0.2) is 0 Å². The van der Waals surface area contributed by atoms with Gasteiger partial charge in [0.2, 0.25) is 5.95 Å². The second-order valence-electron chi connectivity index (χ2n) is 5.80. The third kappa shape index (κ3) is 3.99. The summed E-state index contributed by atoms with van der Waals surface area (Å²) >= 11 is 3.13. The molecule has 1 saturated heterocycles. The van der Waals surface area contributed by atoms with E-state index in [4.69, 9.17) is 4.74 Å². The van der Waals surface area contributed by atoms with Gasteiger partial charge in [-0.15, -0.1) is 0 Å². The van der Waals surface area contributed by atoms with E-state index >= 15 is 0 Å². The monoisotopic (exact) mass is 379 g/mol. The highest BCUT2D eigenvalue weighted by atomic mass is 79.9. The number of aromatic nitrogens is 2. The zero-order valence-corrected chi connectivity index (χ0v) is 14.6. The number of benzene rings is 1. The van der Waals surface area contributed by atoms with Crippen molar-refractivity contribution in [3.63, 3.8) is 0 Å². The van der Waals surface area contributed by atoms with Crippen molar-refractivity contribution in [3.8, 4) is 5.75 Å².